The average Bonchev–Trinajstić information content (AvgIpc) is 1.37. The maximum atomic E-state index is 6.15. The molecule has 0 aromatic heterocycles. The van der Waals surface area contributed by atoms with Crippen LogP contribution in [0.5, 0.6) is 0 Å². The van der Waals surface area contributed by atoms with Crippen LogP contribution in [0.2, 0.25) is 0 Å². The number of rotatable bonds is 0. The van der Waals surface area contributed by atoms with Gasteiger partial charge in [-0.15, -0.1) is 0 Å². The van der Waals surface area contributed by atoms with E-state index < -0.39 is 0 Å². The van der Waals surface area contributed by atoms with Gasteiger partial charge in [0.2, 0.25) is 0 Å². The monoisotopic (exact) mass is 852 g/mol. The minimum absolute atomic E-state index is 0. The molecule has 13 heavy (non-hydrogen) atoms. The van der Waals surface area contributed by atoms with Crippen LogP contribution in [0.4, 0.5) is 0 Å². The third-order valence-corrected chi connectivity index (χ3v) is 0.144. The summed E-state index contributed by atoms with van der Waals surface area (Å²) in [6.45, 7) is 1.76. The van der Waals surface area contributed by atoms with E-state index in [2.05, 4.69) is 5.92 Å². The summed E-state index contributed by atoms with van der Waals surface area (Å²) in [4.78, 5) is 0. The van der Waals surface area contributed by atoms with Crippen molar-refractivity contribution < 1.29 is 294 Å². The summed E-state index contributed by atoms with van der Waals surface area (Å²) in [5.74, 6) is 2.06. The molecule has 49 valence electrons. The molecule has 0 aromatic rings. The summed E-state index contributed by atoms with van der Waals surface area (Å²) >= 11 is 0. The Kier molecular flexibility index (Phi) is 352. The topological polar surface area (TPSA) is 0 Å². The largest absolute Gasteiger partial charge is 0.729 e. The van der Waals surface area contributed by atoms with Crippen molar-refractivity contribution in [1.29, 1.82) is 0 Å². The van der Waals surface area contributed by atoms with Crippen LogP contribution in [0.1, 0.15) is 6.92 Å². The van der Waals surface area contributed by atoms with Gasteiger partial charge in [-0.05, 0) is 0 Å². The van der Waals surface area contributed by atoms with Gasteiger partial charge in [0, 0.05) is 294 Å². The fourth-order valence-electron chi connectivity index (χ4n) is 0. The fraction of sp³-hybridized carbons (Fsp3) is 0.250. The summed E-state index contributed by atoms with van der Waals surface area (Å²) in [5, 5.41) is 0. The molecule has 0 aliphatic carbocycles. The van der Waals surface area contributed by atoms with E-state index in [-0.39, 0.29) is 294 Å². The van der Waals surface area contributed by atoms with Crippen LogP contribution in [0.15, 0.2) is 0 Å². The molecule has 0 unspecified atom stereocenters. The van der Waals surface area contributed by atoms with E-state index in [1.54, 1.807) is 13.3 Å². The normalized spacial score (nSPS) is 1.23. The van der Waals surface area contributed by atoms with Gasteiger partial charge in [-0.3, -0.25) is 0 Å². The minimum atomic E-state index is 0. The molecule has 0 nitrogen and oxygen atoms in total. The van der Waals surface area contributed by atoms with Crippen LogP contribution >= 0.6 is 0 Å². The molecule has 9 heteroatoms. The third-order valence-electron chi connectivity index (χ3n) is 0.144. The molecule has 0 fully saturated rings. The molecular formula is C4H4Y9-2. The van der Waals surface area contributed by atoms with E-state index in [1.165, 1.54) is 0 Å². The first kappa shape index (κ1) is 66.8. The van der Waals surface area contributed by atoms with E-state index in [9.17, 15) is 0 Å². The van der Waals surface area contributed by atoms with Gasteiger partial charge in [0.05, 0.1) is 0 Å². The van der Waals surface area contributed by atoms with Crippen LogP contribution in [-0.4, -0.2) is 0 Å². The molecule has 0 aromatic carbocycles. The standard InChI is InChI=1S/C4H4.9Y/c1-3-4-2;;;;;;;;;/h3H,1H3;;;;;;;;;/q-2;;;;;;;;;. The minimum Gasteiger partial charge on any atom is -0.729 e. The van der Waals surface area contributed by atoms with Gasteiger partial charge in [0.25, 0.3) is 0 Å². The molecule has 0 aliphatic heterocycles. The van der Waals surface area contributed by atoms with Crippen molar-refractivity contribution in [2.45, 2.75) is 6.92 Å². The molecule has 0 aliphatic rings. The zero-order valence-corrected chi connectivity index (χ0v) is 33.3. The Hall–Kier alpha value is 9.37. The Morgan fingerprint density at radius 3 is 0.769 bits per heavy atom. The molecule has 0 spiro atoms. The molecule has 0 heterocycles. The first-order chi connectivity index (χ1) is 1.91. The fourth-order valence-corrected chi connectivity index (χ4v) is 0. The van der Waals surface area contributed by atoms with Crippen molar-refractivity contribution >= 4 is 0 Å². The smallest absolute Gasteiger partial charge is 0 e. The van der Waals surface area contributed by atoms with Gasteiger partial charge in [-0.1, -0.05) is 0 Å². The Morgan fingerprint density at radius 1 is 0.692 bits per heavy atom. The quantitative estimate of drug-likeness (QED) is 0.250. The molecule has 0 saturated heterocycles. The van der Waals surface area contributed by atoms with Gasteiger partial charge in [0.15, 0.2) is 0 Å². The zero-order chi connectivity index (χ0) is 3.41. The Bertz CT molecular complexity index is 41.4. The Labute approximate surface area is 309 Å². The molecule has 0 amide bonds. The Balaban J connectivity index is -0.00000000125. The molecular weight excluding hydrogens is 848 g/mol. The predicted molar refractivity (Wildman–Crippen MR) is 17.1 cm³/mol. The van der Waals surface area contributed by atoms with Crippen LogP contribution in [0.3, 0.4) is 0 Å². The summed E-state index contributed by atoms with van der Waals surface area (Å²) in [7, 11) is 0. The summed E-state index contributed by atoms with van der Waals surface area (Å²) in [6, 6.07) is 0. The second-order valence-electron chi connectivity index (χ2n) is 0.433. The maximum Gasteiger partial charge on any atom is 0 e. The van der Waals surface area contributed by atoms with E-state index in [0.29, 0.717) is 0 Å². The van der Waals surface area contributed by atoms with Crippen LogP contribution in [0, 0.1) is 18.8 Å². The first-order valence-electron chi connectivity index (χ1n) is 1.12. The molecule has 0 atom stereocenters. The van der Waals surface area contributed by atoms with Crippen molar-refractivity contribution in [1.82, 2.24) is 0 Å². The second-order valence-corrected chi connectivity index (χ2v) is 0.433. The van der Waals surface area contributed by atoms with Gasteiger partial charge >= 0.3 is 0 Å². The SMILES string of the molecule is [C-]#C[CH-]C.[Y].[Y].[Y].[Y].[Y].[Y].[Y].[Y].[Y]. The van der Waals surface area contributed by atoms with Crippen molar-refractivity contribution in [2.24, 2.45) is 0 Å². The zero-order valence-electron chi connectivity index (χ0n) is 7.77. The summed E-state index contributed by atoms with van der Waals surface area (Å²) < 4.78 is 0. The Morgan fingerprint density at radius 2 is 0.769 bits per heavy atom. The predicted octanol–water partition coefficient (Wildman–Crippen LogP) is 0.778. The number of hydrogen-bond acceptors (Lipinski definition) is 0. The molecule has 0 bridgehead atoms. The maximum absolute atomic E-state index is 6.15. The summed E-state index contributed by atoms with van der Waals surface area (Å²) in [5.41, 5.74) is 0. The molecule has 0 rings (SSSR count). The molecule has 9 radical (unpaired) electrons. The van der Waals surface area contributed by atoms with Gasteiger partial charge in [0.1, 0.15) is 0 Å². The van der Waals surface area contributed by atoms with Crippen molar-refractivity contribution in [3.63, 3.8) is 0 Å². The van der Waals surface area contributed by atoms with Gasteiger partial charge in [-0.25, -0.2) is 0 Å². The van der Waals surface area contributed by atoms with E-state index in [0.717, 1.165) is 0 Å². The van der Waals surface area contributed by atoms with Crippen LogP contribution in [0.25, 0.3) is 0 Å². The first-order valence-corrected chi connectivity index (χ1v) is 1.12. The van der Waals surface area contributed by atoms with Crippen molar-refractivity contribution in [2.75, 3.05) is 0 Å². The van der Waals surface area contributed by atoms with E-state index in [1.807, 2.05) is 0 Å². The van der Waals surface area contributed by atoms with Crippen LogP contribution in [-0.2, 0) is 294 Å². The average molecular weight is 852 g/mol. The molecule has 0 N–H and O–H groups in total. The third kappa shape index (κ3) is 74.6. The van der Waals surface area contributed by atoms with Gasteiger partial charge in [-0.2, -0.15) is 6.92 Å². The molecule has 0 saturated carbocycles. The van der Waals surface area contributed by atoms with Gasteiger partial charge < -0.3 is 18.8 Å². The second kappa shape index (κ2) is 68.6. The van der Waals surface area contributed by atoms with E-state index in [4.69, 9.17) is 6.42 Å². The summed E-state index contributed by atoms with van der Waals surface area (Å²) in [6.07, 6.45) is 7.69. The number of hydrogen-bond donors (Lipinski definition) is 0. The van der Waals surface area contributed by atoms with Crippen LogP contribution < -0.4 is 0 Å². The van der Waals surface area contributed by atoms with E-state index >= 15 is 0 Å². The van der Waals surface area contributed by atoms with Crippen molar-refractivity contribution in [3.8, 4) is 5.92 Å². The van der Waals surface area contributed by atoms with Crippen molar-refractivity contribution in [3.05, 3.63) is 12.8 Å².